The van der Waals surface area contributed by atoms with Crippen LogP contribution in [0, 0.1) is 13.8 Å². The molecule has 19 heavy (non-hydrogen) atoms. The molecule has 0 bridgehead atoms. The molecule has 5 heteroatoms. The maximum absolute atomic E-state index is 4.59. The first-order valence-corrected chi connectivity index (χ1v) is 6.33. The van der Waals surface area contributed by atoms with E-state index in [9.17, 15) is 0 Å². The van der Waals surface area contributed by atoms with Crippen LogP contribution < -0.4 is 56.6 Å². The van der Waals surface area contributed by atoms with Crippen LogP contribution in [0.25, 0.3) is 10.9 Å². The first-order chi connectivity index (χ1) is 8.69. The van der Waals surface area contributed by atoms with E-state index in [4.69, 9.17) is 0 Å². The maximum atomic E-state index is 4.59. The van der Waals surface area contributed by atoms with Gasteiger partial charge in [-0.3, -0.25) is 0 Å². The molecule has 93 valence electrons. The molecule has 0 aliphatic rings. The number of fused-ring (bicyclic) bond motifs is 1. The van der Waals surface area contributed by atoms with Gasteiger partial charge in [-0.15, -0.1) is 0 Å². The van der Waals surface area contributed by atoms with Gasteiger partial charge in [0.25, 0.3) is 0 Å². The molecule has 0 amide bonds. The van der Waals surface area contributed by atoms with Gasteiger partial charge in [-0.2, -0.15) is 6.42 Å². The third-order valence-corrected chi connectivity index (χ3v) is 3.07. The largest absolute Gasteiger partial charge is 1.00 e. The minimum atomic E-state index is 0. The van der Waals surface area contributed by atoms with E-state index in [0.717, 1.165) is 35.4 Å². The van der Waals surface area contributed by atoms with E-state index in [0.29, 0.717) is 0 Å². The molecule has 0 aliphatic carbocycles. The first-order valence-electron chi connectivity index (χ1n) is 6.33. The van der Waals surface area contributed by atoms with E-state index in [1.54, 1.807) is 0 Å². The molecule has 0 saturated heterocycles. The summed E-state index contributed by atoms with van der Waals surface area (Å²) in [4.78, 5) is 9.13. The van der Waals surface area contributed by atoms with E-state index < -0.39 is 0 Å². The quantitative estimate of drug-likeness (QED) is 0.630. The molecule has 1 heterocycles. The zero-order valence-electron chi connectivity index (χ0n) is 12.2. The second-order valence-electron chi connectivity index (χ2n) is 4.32. The molecule has 1 radical (unpaired) electrons. The van der Waals surface area contributed by atoms with Crippen molar-refractivity contribution < 1.29 is 51.4 Å². The Morgan fingerprint density at radius 3 is 2.63 bits per heavy atom. The molecule has 0 fully saturated rings. The molecule has 2 rings (SSSR count). The Kier molecular flexibility index (Phi) is 6.97. The third kappa shape index (κ3) is 3.79. The fourth-order valence-corrected chi connectivity index (χ4v) is 2.05. The number of hydrogen-bond donors (Lipinski definition) is 1. The molecule has 0 aliphatic heterocycles. The van der Waals surface area contributed by atoms with Crippen molar-refractivity contribution in [1.82, 2.24) is 9.97 Å². The summed E-state index contributed by atoms with van der Waals surface area (Å²) in [5, 5.41) is 4.26. The normalized spacial score (nSPS) is 10.1. The van der Waals surface area contributed by atoms with Gasteiger partial charge >= 0.3 is 51.4 Å². The first kappa shape index (κ1) is 17.1. The number of nitrogens with zero attached hydrogens (tertiary/aromatic N) is 2. The standard InChI is InChI=1S/C14H18BN3.K/c1-5-10-8-11-12(7-9(10)3)16-13(6-2)17-14(11)18-15-4;/h7-8H,1,5-6H2,2-4H3,(H,16,17,18);/q-1;+1. The van der Waals surface area contributed by atoms with Crippen molar-refractivity contribution in [1.29, 1.82) is 0 Å². The summed E-state index contributed by atoms with van der Waals surface area (Å²) in [6, 6.07) is 4.26. The Labute approximate surface area is 158 Å². The summed E-state index contributed by atoms with van der Waals surface area (Å²) in [7, 11) is 1.89. The Bertz CT molecular complexity index is 572. The average Bonchev–Trinajstić information content (AvgIpc) is 2.38. The number of nitrogens with one attached hydrogen (secondary N) is 1. The van der Waals surface area contributed by atoms with E-state index in [1.165, 1.54) is 11.1 Å². The molecule has 0 saturated carbocycles. The van der Waals surface area contributed by atoms with Crippen LogP contribution in [-0.2, 0) is 12.8 Å². The van der Waals surface area contributed by atoms with Gasteiger partial charge in [0.05, 0.1) is 5.52 Å². The van der Waals surface area contributed by atoms with Crippen molar-refractivity contribution in [3.63, 3.8) is 0 Å². The van der Waals surface area contributed by atoms with Gasteiger partial charge < -0.3 is 12.2 Å². The van der Waals surface area contributed by atoms with Gasteiger partial charge in [-0.25, -0.2) is 9.97 Å². The summed E-state index contributed by atoms with van der Waals surface area (Å²) in [6.45, 7) is 10.1. The number of aryl methyl sites for hydroxylation is 2. The van der Waals surface area contributed by atoms with Gasteiger partial charge in [0, 0.05) is 11.8 Å². The van der Waals surface area contributed by atoms with Crippen molar-refractivity contribution >= 4 is 24.1 Å². The van der Waals surface area contributed by atoms with E-state index in [1.807, 2.05) is 14.2 Å². The summed E-state index contributed by atoms with van der Waals surface area (Å²) >= 11 is 0. The molecular weight excluding hydrogens is 260 g/mol. The monoisotopic (exact) mass is 278 g/mol. The molecule has 0 atom stereocenters. The Morgan fingerprint density at radius 2 is 2.05 bits per heavy atom. The van der Waals surface area contributed by atoms with Gasteiger partial charge in [0.2, 0.25) is 7.41 Å². The zero-order valence-corrected chi connectivity index (χ0v) is 15.4. The molecule has 3 nitrogen and oxygen atoms in total. The number of anilines is 1. The van der Waals surface area contributed by atoms with Crippen LogP contribution in [0.5, 0.6) is 0 Å². The van der Waals surface area contributed by atoms with Gasteiger partial charge in [0.1, 0.15) is 11.6 Å². The topological polar surface area (TPSA) is 37.8 Å². The van der Waals surface area contributed by atoms with Gasteiger partial charge in [0.15, 0.2) is 0 Å². The number of aromatic nitrogens is 2. The Hall–Kier alpha value is 0.0613. The molecule has 1 N–H and O–H groups in total. The van der Waals surface area contributed by atoms with Crippen LogP contribution in [0.15, 0.2) is 12.1 Å². The predicted molar refractivity (Wildman–Crippen MR) is 78.0 cm³/mol. The summed E-state index contributed by atoms with van der Waals surface area (Å²) in [5.74, 6) is 1.75. The van der Waals surface area contributed by atoms with Crippen molar-refractivity contribution in [2.24, 2.45) is 0 Å². The second-order valence-corrected chi connectivity index (χ2v) is 4.32. The Balaban J connectivity index is 0.00000180. The van der Waals surface area contributed by atoms with Crippen LogP contribution in [0.1, 0.15) is 23.9 Å². The van der Waals surface area contributed by atoms with E-state index >= 15 is 0 Å². The number of hydrogen-bond acceptors (Lipinski definition) is 3. The maximum Gasteiger partial charge on any atom is 1.00 e. The van der Waals surface area contributed by atoms with Crippen LogP contribution >= 0.6 is 0 Å². The molecule has 0 spiro atoms. The van der Waals surface area contributed by atoms with Crippen LogP contribution in [0.2, 0.25) is 6.82 Å². The summed E-state index contributed by atoms with van der Waals surface area (Å²) < 4.78 is 0. The van der Waals surface area contributed by atoms with Crippen molar-refractivity contribution in [2.75, 3.05) is 5.23 Å². The third-order valence-electron chi connectivity index (χ3n) is 3.07. The van der Waals surface area contributed by atoms with Crippen molar-refractivity contribution in [2.45, 2.75) is 33.5 Å². The fourth-order valence-electron chi connectivity index (χ4n) is 2.05. The van der Waals surface area contributed by atoms with E-state index in [2.05, 4.69) is 48.1 Å². The smallest absolute Gasteiger partial charge is 0.417 e. The molecule has 1 aromatic carbocycles. The summed E-state index contributed by atoms with van der Waals surface area (Å²) in [6.07, 6.45) is 1.62. The minimum Gasteiger partial charge on any atom is -0.417 e. The zero-order chi connectivity index (χ0) is 13.1. The van der Waals surface area contributed by atoms with Gasteiger partial charge in [-0.1, -0.05) is 19.3 Å². The number of benzene rings is 1. The molecule has 0 unspecified atom stereocenters. The van der Waals surface area contributed by atoms with Crippen molar-refractivity contribution in [3.8, 4) is 0 Å². The van der Waals surface area contributed by atoms with Crippen LogP contribution in [0.4, 0.5) is 5.82 Å². The molecule has 1 aromatic heterocycles. The Morgan fingerprint density at radius 1 is 1.32 bits per heavy atom. The average molecular weight is 278 g/mol. The molecule has 2 aromatic rings. The minimum absolute atomic E-state index is 0. The molecular formula is C14H18BKN3. The summed E-state index contributed by atoms with van der Waals surface area (Å²) in [5.41, 5.74) is 3.49. The predicted octanol–water partition coefficient (Wildman–Crippen LogP) is -0.0396. The van der Waals surface area contributed by atoms with Crippen molar-refractivity contribution in [3.05, 3.63) is 36.0 Å². The van der Waals surface area contributed by atoms with Crippen LogP contribution in [-0.4, -0.2) is 17.4 Å². The SMILES string of the molecule is [CH2-]Cc1cc2c(N[B]C)nc(CC)nc2cc1C.[K+]. The van der Waals surface area contributed by atoms with Crippen LogP contribution in [0.3, 0.4) is 0 Å². The van der Waals surface area contributed by atoms with Gasteiger partial charge in [-0.05, 0) is 24.6 Å². The van der Waals surface area contributed by atoms with E-state index in [-0.39, 0.29) is 51.4 Å². The fraction of sp³-hybridized carbons (Fsp3) is 0.357. The second kappa shape index (κ2) is 7.74. The number of rotatable bonds is 4.